The van der Waals surface area contributed by atoms with Gasteiger partial charge in [0.05, 0.1) is 69.1 Å². The second-order valence-electron chi connectivity index (χ2n) is 18.1. The molecule has 39 heteroatoms. The number of fused-ring (bicyclic) bond motifs is 2. The summed E-state index contributed by atoms with van der Waals surface area (Å²) in [6, 6.07) is 24.3. The molecule has 0 amide bonds. The molecule has 0 spiro atoms. The molecule has 6 N–H and O–H groups in total. The molecule has 0 heterocycles. The van der Waals surface area contributed by atoms with Crippen LogP contribution in [0.2, 0.25) is 0 Å². The number of hydrazone groups is 1. The molecule has 0 radical (unpaired) electrons. The number of azo groups is 3. The fourth-order valence-electron chi connectivity index (χ4n) is 8.54. The fraction of sp³-hybridized carbons (Fsp3) is 0.0377. The third-order valence-electron chi connectivity index (χ3n) is 12.7. The zero-order chi connectivity index (χ0) is 63.8. The Morgan fingerprint density at radius 3 is 1.83 bits per heavy atom. The van der Waals surface area contributed by atoms with Gasteiger partial charge in [-0.3, -0.25) is 34.6 Å². The van der Waals surface area contributed by atoms with Gasteiger partial charge in [-0.25, -0.2) is 8.42 Å². The quantitative estimate of drug-likeness (QED) is 0.0146. The van der Waals surface area contributed by atoms with Crippen LogP contribution in [0.4, 0.5) is 51.2 Å². The number of methoxy groups -OCH3 is 2. The van der Waals surface area contributed by atoms with Gasteiger partial charge in [-0.05, 0) is 107 Å². The van der Waals surface area contributed by atoms with E-state index >= 15 is 0 Å². The molecule has 31 nitrogen and oxygen atoms in total. The van der Waals surface area contributed by atoms with E-state index in [1.54, 1.807) is 30.3 Å². The zero-order valence-electron chi connectivity index (χ0n) is 48.3. The number of nitrogens with zero attached hydrogens (tertiary/aromatic N) is 8. The summed E-state index contributed by atoms with van der Waals surface area (Å²) >= 11 is 0. The van der Waals surface area contributed by atoms with E-state index in [1.165, 1.54) is 62.8 Å². The molecule has 0 atom stereocenters. The number of anilines is 3. The van der Waals surface area contributed by atoms with Crippen molar-refractivity contribution in [1.82, 2.24) is 0 Å². The first-order chi connectivity index (χ1) is 41.5. The van der Waals surface area contributed by atoms with Crippen LogP contribution in [0.25, 0.3) is 21.9 Å². The molecule has 0 aromatic heterocycles. The summed E-state index contributed by atoms with van der Waals surface area (Å²) < 4.78 is 154. The number of hydrogen-bond donors (Lipinski definition) is 6. The van der Waals surface area contributed by atoms with Gasteiger partial charge in [-0.15, -0.1) is 30.7 Å². The molecule has 2 aliphatic carbocycles. The Morgan fingerprint density at radius 2 is 1.22 bits per heavy atom. The predicted octanol–water partition coefficient (Wildman–Crippen LogP) is -4.35. The van der Waals surface area contributed by atoms with E-state index in [-0.39, 0.29) is 169 Å². The Bertz CT molecular complexity index is 4960. The van der Waals surface area contributed by atoms with Crippen molar-refractivity contribution >= 4 is 120 Å². The number of allylic oxidation sites excluding steroid dienone is 6. The van der Waals surface area contributed by atoms with E-state index in [2.05, 4.69) is 46.5 Å². The zero-order valence-corrected chi connectivity index (χ0v) is 59.5. The Balaban J connectivity index is 0.00000384. The normalized spacial score (nSPS) is 13.9. The molecule has 2 aliphatic rings. The number of nitro groups is 1. The summed E-state index contributed by atoms with van der Waals surface area (Å²) in [6.07, 6.45) is 3.00. The Hall–Kier alpha value is -6.79. The number of carbonyl (C=O) groups is 1. The number of carboxylic acids is 1. The summed E-state index contributed by atoms with van der Waals surface area (Å²) in [7, 11) is -18.6. The number of rotatable bonds is 19. The van der Waals surface area contributed by atoms with Crippen LogP contribution in [0.3, 0.4) is 0 Å². The third kappa shape index (κ3) is 16.8. The molecular weight excluding hydrogens is 1330 g/mol. The first-order valence-corrected chi connectivity index (χ1v) is 30.0. The largest absolute Gasteiger partial charge is 1.00 e. The van der Waals surface area contributed by atoms with Gasteiger partial charge < -0.3 is 39.5 Å². The Morgan fingerprint density at radius 1 is 0.609 bits per heavy atom. The minimum atomic E-state index is -5.64. The monoisotopic (exact) mass is 1370 g/mol. The van der Waals surface area contributed by atoms with Gasteiger partial charge in [0.15, 0.2) is 0 Å². The standard InChI is InChI=1S/C53H39N11O20S4.4Na/c1-83-42-20-26(8-15-38(42)57-62-49-45(87(77,78)79)24-33-31(51(49)65)12-14-36(54)47(33)60-56-37-17-10-29(64(69)70)22-35(37)53(67)68)27-9-16-39(43(21-27)84-2)58-63-50-46(88(80,81)82)25-34-32(52(50)66)13-18-40(55-28-6-4-3-5-7-28)48(34)61-59-41-23-30(85(71,72)73)11-19-44(41)86(74,75)76;;;;/h3-25,54-55,57,65-66H,1-2H3,(H,67,68)(H,71,72,73)(H,74,75,76)(H,77,78,79)(H,80,81,82);;;;/q;4*+1/p-4. The second kappa shape index (κ2) is 30.5. The molecule has 0 bridgehead atoms. The van der Waals surface area contributed by atoms with Gasteiger partial charge in [0.1, 0.15) is 54.2 Å². The molecule has 7 aromatic rings. The fourth-order valence-corrected chi connectivity index (χ4v) is 10.9. The van der Waals surface area contributed by atoms with E-state index in [1.807, 2.05) is 0 Å². The van der Waals surface area contributed by atoms with Crippen LogP contribution in [-0.4, -0.2) is 88.4 Å². The number of carbonyl (C=O) groups excluding carboxylic acids is 1. The molecule has 0 saturated carbocycles. The first kappa shape index (κ1) is 75.9. The molecule has 0 unspecified atom stereocenters. The molecule has 9 rings (SSSR count). The maximum atomic E-state index is 14.3. The van der Waals surface area contributed by atoms with Crippen molar-refractivity contribution in [3.05, 3.63) is 183 Å². The average Bonchev–Trinajstić information content (AvgIpc) is 0.764. The maximum absolute atomic E-state index is 14.3. The van der Waals surface area contributed by atoms with E-state index in [9.17, 15) is 82.1 Å². The van der Waals surface area contributed by atoms with E-state index in [0.29, 0.717) is 41.1 Å². The topological polar surface area (TPSA) is 503 Å². The first-order valence-electron chi connectivity index (χ1n) is 24.2. The van der Waals surface area contributed by atoms with Gasteiger partial charge in [0, 0.05) is 34.3 Å². The van der Waals surface area contributed by atoms with Crippen molar-refractivity contribution in [3.8, 4) is 28.4 Å². The van der Waals surface area contributed by atoms with Crippen LogP contribution in [-0.2, 0) is 40.5 Å². The van der Waals surface area contributed by atoms with Crippen LogP contribution in [0.5, 0.6) is 17.2 Å². The van der Waals surface area contributed by atoms with Crippen LogP contribution in [0.15, 0.2) is 218 Å². The number of non-ortho nitro benzene ring substituents is 1. The van der Waals surface area contributed by atoms with Crippen LogP contribution in [0.1, 0.15) is 10.4 Å². The van der Waals surface area contributed by atoms with Crippen molar-refractivity contribution in [3.63, 3.8) is 0 Å². The minimum absolute atomic E-state index is 0. The third-order valence-corrected chi connectivity index (χ3v) is 16.1. The summed E-state index contributed by atoms with van der Waals surface area (Å²) in [6.45, 7) is 0. The minimum Gasteiger partial charge on any atom is -0.871 e. The van der Waals surface area contributed by atoms with Crippen molar-refractivity contribution < 1.29 is 205 Å². The maximum Gasteiger partial charge on any atom is 1.00 e. The number of hydrogen-bond acceptors (Lipinski definition) is 27. The average molecular weight is 1370 g/mol. The molecule has 450 valence electrons. The van der Waals surface area contributed by atoms with Gasteiger partial charge >= 0.3 is 118 Å². The Kier molecular flexibility index (Phi) is 25.2. The molecule has 92 heavy (non-hydrogen) atoms. The van der Waals surface area contributed by atoms with Crippen molar-refractivity contribution in [2.45, 2.75) is 14.7 Å². The van der Waals surface area contributed by atoms with E-state index < -0.39 is 134 Å². The summed E-state index contributed by atoms with van der Waals surface area (Å²) in [5.41, 5.74) is -2.88. The van der Waals surface area contributed by atoms with E-state index in [0.717, 1.165) is 36.4 Å². The number of aromatic carboxylic acids is 1. The van der Waals surface area contributed by atoms with Crippen molar-refractivity contribution in [2.24, 2.45) is 35.8 Å². The molecule has 0 saturated heterocycles. The number of benzene rings is 7. The Labute approximate surface area is 609 Å². The van der Waals surface area contributed by atoms with Crippen LogP contribution >= 0.6 is 0 Å². The van der Waals surface area contributed by atoms with E-state index in [4.69, 9.17) is 14.9 Å². The molecule has 0 fully saturated rings. The SMILES string of the molecule is COc1cc(-c2ccc(NN=C3C(S(=O)(=O)O)=CC4=C(N=Nc5ccc([N+](=O)[O-])cc5C(=O)[O-])C(=N)C=CC4=C3[O-])c(OC)c2)ccc1N=Nc1c(S(=O)(=O)[O-])cc2c(N=Nc3cc(S(=O)(=O)O)ccc3S(=O)(=O)O)c(Nc3ccccc3)ccc2c1[O-].[Na+].[Na+].[Na+].[Na+]. The molecule has 7 aromatic carbocycles. The summed E-state index contributed by atoms with van der Waals surface area (Å²) in [4.78, 5) is 18.0. The number of nitro benzene ring substituents is 1. The predicted molar refractivity (Wildman–Crippen MR) is 304 cm³/mol. The van der Waals surface area contributed by atoms with Gasteiger partial charge in [-0.2, -0.15) is 30.4 Å². The van der Waals surface area contributed by atoms with Gasteiger partial charge in [-0.1, -0.05) is 54.0 Å². The van der Waals surface area contributed by atoms with Crippen LogP contribution < -0.4 is 154 Å². The molecule has 0 aliphatic heterocycles. The van der Waals surface area contributed by atoms with Crippen molar-refractivity contribution in [2.75, 3.05) is 25.0 Å². The number of ether oxygens (including phenoxy) is 2. The number of nitrogens with one attached hydrogen (secondary N) is 3. The summed E-state index contributed by atoms with van der Waals surface area (Å²) in [5, 5.41) is 89.4. The van der Waals surface area contributed by atoms with Gasteiger partial charge in [0.25, 0.3) is 36.0 Å². The van der Waals surface area contributed by atoms with Crippen LogP contribution in [0, 0.1) is 15.5 Å². The molecular formula is C53H35N11Na4O20S4. The second-order valence-corrected chi connectivity index (χ2v) is 23.6. The number of carboxylic acid groups (broad SMARTS) is 1. The smallest absolute Gasteiger partial charge is 0.871 e. The number of para-hydroxylation sites is 1. The van der Waals surface area contributed by atoms with Crippen molar-refractivity contribution in [1.29, 1.82) is 5.41 Å². The summed E-state index contributed by atoms with van der Waals surface area (Å²) in [5.74, 6) is -4.17. The van der Waals surface area contributed by atoms with Gasteiger partial charge in [0.2, 0.25) is 0 Å².